The van der Waals surface area contributed by atoms with Gasteiger partial charge in [0.25, 0.3) is 5.79 Å². The van der Waals surface area contributed by atoms with E-state index in [9.17, 15) is 0 Å². The Morgan fingerprint density at radius 1 is 1.25 bits per heavy atom. The van der Waals surface area contributed by atoms with Crippen molar-refractivity contribution in [2.45, 2.75) is 25.2 Å². The van der Waals surface area contributed by atoms with Crippen LogP contribution in [-0.4, -0.2) is 42.5 Å². The summed E-state index contributed by atoms with van der Waals surface area (Å²) in [5.74, 6) is -6.13. The van der Waals surface area contributed by atoms with Crippen molar-refractivity contribution in [1.82, 2.24) is 0 Å². The van der Waals surface area contributed by atoms with E-state index in [1.807, 2.05) is 0 Å². The first-order valence-electron chi connectivity index (χ1n) is 3.28. The van der Waals surface area contributed by atoms with Crippen molar-refractivity contribution in [3.63, 3.8) is 0 Å². The molecule has 0 rings (SSSR count). The highest BCUT2D eigenvalue weighted by Gasteiger charge is 2.39. The van der Waals surface area contributed by atoms with Crippen molar-refractivity contribution < 1.29 is 30.6 Å². The fourth-order valence-electron chi connectivity index (χ4n) is 0.607. The Labute approximate surface area is 68.6 Å². The number of hydrogen-bond acceptors (Lipinski definition) is 6. The van der Waals surface area contributed by atoms with Gasteiger partial charge in [-0.05, 0) is 6.42 Å². The van der Waals surface area contributed by atoms with Crippen molar-refractivity contribution in [3.8, 4) is 0 Å². The standard InChI is InChI=1S/C6H12O6/c1-2-3(7)6(11,12)4(8)5(9)10/h3,7-12H,2H2,1H3. The zero-order valence-electron chi connectivity index (χ0n) is 6.47. The molecule has 72 valence electrons. The average Bonchev–Trinajstić information content (AvgIpc) is 2.01. The first-order chi connectivity index (χ1) is 5.34. The van der Waals surface area contributed by atoms with Gasteiger partial charge in [-0.2, -0.15) is 0 Å². The van der Waals surface area contributed by atoms with Gasteiger partial charge in [-0.15, -0.1) is 0 Å². The highest BCUT2D eigenvalue weighted by atomic mass is 16.6. The van der Waals surface area contributed by atoms with Crippen molar-refractivity contribution in [3.05, 3.63) is 11.7 Å². The van der Waals surface area contributed by atoms with E-state index in [1.165, 1.54) is 6.92 Å². The summed E-state index contributed by atoms with van der Waals surface area (Å²) in [6.07, 6.45) is -1.75. The molecule has 0 aliphatic heterocycles. The molecule has 1 atom stereocenters. The zero-order valence-corrected chi connectivity index (χ0v) is 6.47. The second-order valence-corrected chi connectivity index (χ2v) is 2.32. The van der Waals surface area contributed by atoms with Gasteiger partial charge in [0.15, 0.2) is 0 Å². The molecule has 0 fully saturated rings. The summed E-state index contributed by atoms with van der Waals surface area (Å²) in [6, 6.07) is 0. The minimum absolute atomic E-state index is 0.0651. The van der Waals surface area contributed by atoms with Crippen LogP contribution in [0.1, 0.15) is 13.3 Å². The smallest absolute Gasteiger partial charge is 0.319 e. The van der Waals surface area contributed by atoms with Crippen molar-refractivity contribution >= 4 is 0 Å². The second-order valence-electron chi connectivity index (χ2n) is 2.32. The van der Waals surface area contributed by atoms with Crippen LogP contribution in [0.3, 0.4) is 0 Å². The Kier molecular flexibility index (Phi) is 3.32. The molecule has 12 heavy (non-hydrogen) atoms. The lowest BCUT2D eigenvalue weighted by atomic mass is 10.1. The minimum Gasteiger partial charge on any atom is -0.502 e. The SMILES string of the molecule is CCC(O)C(O)(O)C(O)=C(O)O. The topological polar surface area (TPSA) is 121 Å². The molecular formula is C6H12O6. The van der Waals surface area contributed by atoms with E-state index in [-0.39, 0.29) is 6.42 Å². The predicted octanol–water partition coefficient (Wildman–Crippen LogP) is -0.719. The third kappa shape index (κ3) is 2.00. The van der Waals surface area contributed by atoms with Crippen molar-refractivity contribution in [1.29, 1.82) is 0 Å². The van der Waals surface area contributed by atoms with E-state index < -0.39 is 23.6 Å². The summed E-state index contributed by atoms with van der Waals surface area (Å²) in [5, 5.41) is 51.9. The lowest BCUT2D eigenvalue weighted by Crippen LogP contribution is -2.44. The maximum Gasteiger partial charge on any atom is 0.319 e. The third-order valence-corrected chi connectivity index (χ3v) is 1.41. The van der Waals surface area contributed by atoms with Gasteiger partial charge >= 0.3 is 5.95 Å². The van der Waals surface area contributed by atoms with Gasteiger partial charge in [0, 0.05) is 0 Å². The highest BCUT2D eigenvalue weighted by molar-refractivity contribution is 5.05. The van der Waals surface area contributed by atoms with Gasteiger partial charge in [0.2, 0.25) is 5.76 Å². The minimum atomic E-state index is -3.02. The molecule has 0 aliphatic rings. The van der Waals surface area contributed by atoms with E-state index >= 15 is 0 Å². The summed E-state index contributed by atoms with van der Waals surface area (Å²) in [6.45, 7) is 1.42. The van der Waals surface area contributed by atoms with E-state index in [4.69, 9.17) is 30.6 Å². The molecule has 6 heteroatoms. The van der Waals surface area contributed by atoms with Gasteiger partial charge in [-0.1, -0.05) is 6.92 Å². The Morgan fingerprint density at radius 2 is 1.67 bits per heavy atom. The van der Waals surface area contributed by atoms with Crippen LogP contribution in [-0.2, 0) is 0 Å². The predicted molar refractivity (Wildman–Crippen MR) is 38.4 cm³/mol. The van der Waals surface area contributed by atoms with Crippen molar-refractivity contribution in [2.24, 2.45) is 0 Å². The molecule has 0 heterocycles. The number of aliphatic hydroxyl groups is 6. The highest BCUT2D eigenvalue weighted by Crippen LogP contribution is 2.19. The van der Waals surface area contributed by atoms with Gasteiger partial charge in [-0.3, -0.25) is 0 Å². The van der Waals surface area contributed by atoms with Crippen LogP contribution < -0.4 is 0 Å². The van der Waals surface area contributed by atoms with E-state index in [0.29, 0.717) is 0 Å². The Hall–Kier alpha value is -0.980. The molecule has 0 saturated heterocycles. The molecule has 1 unspecified atom stereocenters. The Bertz CT molecular complexity index is 180. The van der Waals surface area contributed by atoms with E-state index in [1.54, 1.807) is 0 Å². The summed E-state index contributed by atoms with van der Waals surface area (Å²) < 4.78 is 0. The Balaban J connectivity index is 4.73. The summed E-state index contributed by atoms with van der Waals surface area (Å²) in [5.41, 5.74) is 0. The molecule has 6 N–H and O–H groups in total. The van der Waals surface area contributed by atoms with Crippen LogP contribution in [0.25, 0.3) is 0 Å². The molecule has 0 aromatic rings. The van der Waals surface area contributed by atoms with Crippen molar-refractivity contribution in [2.75, 3.05) is 0 Å². The summed E-state index contributed by atoms with van der Waals surface area (Å²) in [4.78, 5) is 0. The van der Waals surface area contributed by atoms with Crippen LogP contribution in [0.4, 0.5) is 0 Å². The number of hydrogen-bond donors (Lipinski definition) is 6. The molecule has 0 bridgehead atoms. The first-order valence-corrected chi connectivity index (χ1v) is 3.28. The fourth-order valence-corrected chi connectivity index (χ4v) is 0.607. The largest absolute Gasteiger partial charge is 0.502 e. The second kappa shape index (κ2) is 3.61. The lowest BCUT2D eigenvalue weighted by Gasteiger charge is -2.24. The first kappa shape index (κ1) is 11.0. The monoisotopic (exact) mass is 180 g/mol. The van der Waals surface area contributed by atoms with E-state index in [0.717, 1.165) is 0 Å². The molecule has 0 aromatic carbocycles. The number of aliphatic hydroxyl groups excluding tert-OH is 3. The molecule has 0 spiro atoms. The van der Waals surface area contributed by atoms with Crippen LogP contribution in [0.5, 0.6) is 0 Å². The maximum atomic E-state index is 8.90. The average molecular weight is 180 g/mol. The lowest BCUT2D eigenvalue weighted by molar-refractivity contribution is -0.220. The molecule has 0 aliphatic carbocycles. The molecule has 0 radical (unpaired) electrons. The van der Waals surface area contributed by atoms with Gasteiger partial charge in [0.05, 0.1) is 0 Å². The molecule has 0 saturated carbocycles. The van der Waals surface area contributed by atoms with Gasteiger partial charge in [0.1, 0.15) is 6.10 Å². The normalized spacial score (nSPS) is 14.0. The fraction of sp³-hybridized carbons (Fsp3) is 0.667. The molecule has 0 amide bonds. The molecule has 6 nitrogen and oxygen atoms in total. The van der Waals surface area contributed by atoms with Gasteiger partial charge in [-0.25, -0.2) is 0 Å². The van der Waals surface area contributed by atoms with Crippen LogP contribution in [0, 0.1) is 0 Å². The van der Waals surface area contributed by atoms with Gasteiger partial charge < -0.3 is 30.6 Å². The van der Waals surface area contributed by atoms with Crippen LogP contribution in [0.15, 0.2) is 11.7 Å². The molecule has 0 aromatic heterocycles. The van der Waals surface area contributed by atoms with Crippen LogP contribution in [0.2, 0.25) is 0 Å². The molecular weight excluding hydrogens is 168 g/mol. The maximum absolute atomic E-state index is 8.90. The zero-order chi connectivity index (χ0) is 9.94. The summed E-state index contributed by atoms with van der Waals surface area (Å²) >= 11 is 0. The van der Waals surface area contributed by atoms with Crippen LogP contribution >= 0.6 is 0 Å². The summed E-state index contributed by atoms with van der Waals surface area (Å²) in [7, 11) is 0. The Morgan fingerprint density at radius 3 is 1.92 bits per heavy atom. The number of rotatable bonds is 3. The van der Waals surface area contributed by atoms with E-state index in [2.05, 4.69) is 0 Å². The third-order valence-electron chi connectivity index (χ3n) is 1.41. The quantitative estimate of drug-likeness (QED) is 0.252.